The van der Waals surface area contributed by atoms with E-state index in [0.717, 1.165) is 29.1 Å². The Morgan fingerprint density at radius 1 is 1.56 bits per heavy atom. The van der Waals surface area contributed by atoms with E-state index in [0.29, 0.717) is 12.0 Å². The molecule has 0 amide bonds. The quantitative estimate of drug-likeness (QED) is 0.903. The first kappa shape index (κ1) is 14.2. The maximum atomic E-state index is 6.10. The van der Waals surface area contributed by atoms with E-state index in [1.165, 1.54) is 12.1 Å². The lowest BCUT2D eigenvalue weighted by atomic mass is 9.97. The van der Waals surface area contributed by atoms with Gasteiger partial charge < -0.3 is 10.2 Å². The molecule has 2 unspecified atom stereocenters. The molecule has 18 heavy (non-hydrogen) atoms. The number of hydrogen-bond acceptors (Lipinski definition) is 2. The Morgan fingerprint density at radius 3 is 3.06 bits per heavy atom. The third-order valence-corrected chi connectivity index (χ3v) is 4.69. The smallest absolute Gasteiger partial charge is 0.0526 e. The summed E-state index contributed by atoms with van der Waals surface area (Å²) in [5.41, 5.74) is 1.21. The second-order valence-electron chi connectivity index (χ2n) is 4.99. The number of benzene rings is 1. The van der Waals surface area contributed by atoms with Gasteiger partial charge in [-0.15, -0.1) is 0 Å². The maximum absolute atomic E-state index is 6.10. The summed E-state index contributed by atoms with van der Waals surface area (Å²) in [6.07, 6.45) is 1.21. The van der Waals surface area contributed by atoms with Crippen LogP contribution in [0.2, 0.25) is 5.02 Å². The zero-order valence-electron chi connectivity index (χ0n) is 10.9. The molecule has 0 aliphatic carbocycles. The predicted octanol–water partition coefficient (Wildman–Crippen LogP) is 3.93. The summed E-state index contributed by atoms with van der Waals surface area (Å²) in [7, 11) is 0. The van der Waals surface area contributed by atoms with E-state index >= 15 is 0 Å². The zero-order chi connectivity index (χ0) is 13.1. The van der Waals surface area contributed by atoms with Crippen molar-refractivity contribution in [3.8, 4) is 0 Å². The molecular formula is C14H20BrClN2. The number of nitrogens with zero attached hydrogens (tertiary/aromatic N) is 1. The Bertz CT molecular complexity index is 411. The van der Waals surface area contributed by atoms with Crippen LogP contribution in [-0.4, -0.2) is 25.7 Å². The van der Waals surface area contributed by atoms with Crippen molar-refractivity contribution in [2.45, 2.75) is 26.3 Å². The Labute approximate surface area is 123 Å². The second kappa shape index (κ2) is 6.27. The molecule has 0 aromatic heterocycles. The van der Waals surface area contributed by atoms with Gasteiger partial charge >= 0.3 is 0 Å². The SMILES string of the molecule is CCC(C)C1CN(c2cc(Cl)ccc2Br)CCN1. The molecule has 100 valence electrons. The third kappa shape index (κ3) is 3.19. The van der Waals surface area contributed by atoms with Gasteiger partial charge in [0, 0.05) is 35.2 Å². The molecule has 1 N–H and O–H groups in total. The van der Waals surface area contributed by atoms with Crippen LogP contribution in [0.4, 0.5) is 5.69 Å². The number of nitrogens with one attached hydrogen (secondary N) is 1. The largest absolute Gasteiger partial charge is 0.368 e. The van der Waals surface area contributed by atoms with Gasteiger partial charge in [0.2, 0.25) is 0 Å². The first-order valence-electron chi connectivity index (χ1n) is 6.55. The minimum absolute atomic E-state index is 0.564. The topological polar surface area (TPSA) is 15.3 Å². The lowest BCUT2D eigenvalue weighted by Crippen LogP contribution is -2.53. The van der Waals surface area contributed by atoms with Crippen LogP contribution >= 0.6 is 27.5 Å². The number of halogens is 2. The monoisotopic (exact) mass is 330 g/mol. The fraction of sp³-hybridized carbons (Fsp3) is 0.571. The minimum atomic E-state index is 0.564. The number of piperazine rings is 1. The van der Waals surface area contributed by atoms with E-state index < -0.39 is 0 Å². The van der Waals surface area contributed by atoms with Gasteiger partial charge in [0.25, 0.3) is 0 Å². The van der Waals surface area contributed by atoms with Gasteiger partial charge in [-0.2, -0.15) is 0 Å². The lowest BCUT2D eigenvalue weighted by molar-refractivity contribution is 0.341. The van der Waals surface area contributed by atoms with Crippen molar-refractivity contribution in [2.75, 3.05) is 24.5 Å². The standard InChI is InChI=1S/C14H20BrClN2/c1-3-10(2)13-9-18(7-6-17-13)14-8-11(16)4-5-12(14)15/h4-5,8,10,13,17H,3,6-7,9H2,1-2H3. The average Bonchev–Trinajstić information content (AvgIpc) is 2.40. The van der Waals surface area contributed by atoms with Crippen LogP contribution in [0, 0.1) is 5.92 Å². The maximum Gasteiger partial charge on any atom is 0.0526 e. The molecule has 0 radical (unpaired) electrons. The fourth-order valence-electron chi connectivity index (χ4n) is 2.39. The predicted molar refractivity (Wildman–Crippen MR) is 82.6 cm³/mol. The third-order valence-electron chi connectivity index (χ3n) is 3.79. The molecule has 1 heterocycles. The van der Waals surface area contributed by atoms with Crippen LogP contribution < -0.4 is 10.2 Å². The summed E-state index contributed by atoms with van der Waals surface area (Å²) < 4.78 is 1.12. The molecule has 2 nitrogen and oxygen atoms in total. The number of rotatable bonds is 3. The highest BCUT2D eigenvalue weighted by Gasteiger charge is 2.24. The van der Waals surface area contributed by atoms with Crippen molar-refractivity contribution >= 4 is 33.2 Å². The van der Waals surface area contributed by atoms with Gasteiger partial charge in [0.05, 0.1) is 5.69 Å². The molecule has 1 aliphatic rings. The van der Waals surface area contributed by atoms with E-state index in [4.69, 9.17) is 11.6 Å². The molecule has 2 atom stereocenters. The van der Waals surface area contributed by atoms with Crippen LogP contribution in [0.1, 0.15) is 20.3 Å². The van der Waals surface area contributed by atoms with Crippen LogP contribution in [-0.2, 0) is 0 Å². The lowest BCUT2D eigenvalue weighted by Gasteiger charge is -2.38. The van der Waals surface area contributed by atoms with E-state index in [1.54, 1.807) is 0 Å². The summed E-state index contributed by atoms with van der Waals surface area (Å²) in [5.74, 6) is 0.700. The zero-order valence-corrected chi connectivity index (χ0v) is 13.3. The summed E-state index contributed by atoms with van der Waals surface area (Å²) >= 11 is 9.72. The summed E-state index contributed by atoms with van der Waals surface area (Å²) in [5, 5.41) is 4.41. The summed E-state index contributed by atoms with van der Waals surface area (Å²) in [4.78, 5) is 2.42. The van der Waals surface area contributed by atoms with Crippen LogP contribution in [0.3, 0.4) is 0 Å². The second-order valence-corrected chi connectivity index (χ2v) is 6.28. The van der Waals surface area contributed by atoms with Crippen molar-refractivity contribution in [3.05, 3.63) is 27.7 Å². The number of hydrogen-bond donors (Lipinski definition) is 1. The van der Waals surface area contributed by atoms with Gasteiger partial charge in [-0.1, -0.05) is 31.9 Å². The molecular weight excluding hydrogens is 312 g/mol. The normalized spacial score (nSPS) is 22.0. The molecule has 1 aromatic rings. The van der Waals surface area contributed by atoms with Gasteiger partial charge in [-0.05, 0) is 40.0 Å². The minimum Gasteiger partial charge on any atom is -0.368 e. The molecule has 0 saturated carbocycles. The highest BCUT2D eigenvalue weighted by molar-refractivity contribution is 9.10. The molecule has 1 saturated heterocycles. The van der Waals surface area contributed by atoms with Crippen LogP contribution in [0.5, 0.6) is 0 Å². The Morgan fingerprint density at radius 2 is 2.33 bits per heavy atom. The Balaban J connectivity index is 2.15. The molecule has 4 heteroatoms. The van der Waals surface area contributed by atoms with E-state index in [1.807, 2.05) is 18.2 Å². The fourth-order valence-corrected chi connectivity index (χ4v) is 3.05. The summed E-state index contributed by atoms with van der Waals surface area (Å²) in [6, 6.07) is 6.56. The molecule has 1 aromatic carbocycles. The van der Waals surface area contributed by atoms with Crippen molar-refractivity contribution in [1.82, 2.24) is 5.32 Å². The van der Waals surface area contributed by atoms with Crippen LogP contribution in [0.15, 0.2) is 22.7 Å². The van der Waals surface area contributed by atoms with E-state index in [2.05, 4.69) is 40.0 Å². The average molecular weight is 332 g/mol. The van der Waals surface area contributed by atoms with Gasteiger partial charge in [-0.3, -0.25) is 0 Å². The number of anilines is 1. The Hall–Kier alpha value is -0.250. The van der Waals surface area contributed by atoms with Crippen molar-refractivity contribution < 1.29 is 0 Å². The molecule has 0 spiro atoms. The van der Waals surface area contributed by atoms with Gasteiger partial charge in [0.15, 0.2) is 0 Å². The van der Waals surface area contributed by atoms with Crippen molar-refractivity contribution in [1.29, 1.82) is 0 Å². The van der Waals surface area contributed by atoms with Crippen molar-refractivity contribution in [2.24, 2.45) is 5.92 Å². The Kier molecular flexibility index (Phi) is 4.93. The molecule has 0 bridgehead atoms. The van der Waals surface area contributed by atoms with E-state index in [-0.39, 0.29) is 0 Å². The molecule has 2 rings (SSSR count). The first-order chi connectivity index (χ1) is 8.61. The molecule has 1 aliphatic heterocycles. The van der Waals surface area contributed by atoms with Crippen molar-refractivity contribution in [3.63, 3.8) is 0 Å². The van der Waals surface area contributed by atoms with Gasteiger partial charge in [-0.25, -0.2) is 0 Å². The first-order valence-corrected chi connectivity index (χ1v) is 7.72. The van der Waals surface area contributed by atoms with E-state index in [9.17, 15) is 0 Å². The molecule has 1 fully saturated rings. The highest BCUT2D eigenvalue weighted by atomic mass is 79.9. The highest BCUT2D eigenvalue weighted by Crippen LogP contribution is 2.30. The van der Waals surface area contributed by atoms with Gasteiger partial charge in [0.1, 0.15) is 0 Å². The van der Waals surface area contributed by atoms with Crippen LogP contribution in [0.25, 0.3) is 0 Å². The summed E-state index contributed by atoms with van der Waals surface area (Å²) in [6.45, 7) is 7.68.